The molecule has 0 spiro atoms. The fraction of sp³-hybridized carbons (Fsp3) is 0.875. The van der Waals surface area contributed by atoms with E-state index in [-0.39, 0.29) is 23.3 Å². The summed E-state index contributed by atoms with van der Waals surface area (Å²) in [5.74, 6) is 1.30. The molecule has 0 N–H and O–H groups in total. The summed E-state index contributed by atoms with van der Waals surface area (Å²) in [6.45, 7) is 8.83. The predicted molar refractivity (Wildman–Crippen MR) is 77.4 cm³/mol. The van der Waals surface area contributed by atoms with E-state index in [9.17, 15) is 9.59 Å². The summed E-state index contributed by atoms with van der Waals surface area (Å²) >= 11 is 0. The van der Waals surface area contributed by atoms with E-state index in [1.165, 1.54) is 12.8 Å². The molecular formula is C16H27NO3. The van der Waals surface area contributed by atoms with Crippen molar-refractivity contribution < 1.29 is 14.3 Å². The minimum Gasteiger partial charge on any atom is -0.450 e. The molecule has 2 aliphatic rings. The highest BCUT2D eigenvalue weighted by Crippen LogP contribution is 2.44. The molecule has 114 valence electrons. The number of Topliss-reactive ketones (excluding diaryl/α,β-unsaturated/α-hetero) is 1. The van der Waals surface area contributed by atoms with Gasteiger partial charge < -0.3 is 9.64 Å². The average Bonchev–Trinajstić information content (AvgIpc) is 2.90. The van der Waals surface area contributed by atoms with Gasteiger partial charge in [0, 0.05) is 24.4 Å². The lowest BCUT2D eigenvalue weighted by Crippen LogP contribution is -2.41. The van der Waals surface area contributed by atoms with Crippen LogP contribution in [0.2, 0.25) is 0 Å². The molecular weight excluding hydrogens is 254 g/mol. The van der Waals surface area contributed by atoms with Crippen LogP contribution in [0.4, 0.5) is 4.79 Å². The maximum Gasteiger partial charge on any atom is 0.410 e. The van der Waals surface area contributed by atoms with Gasteiger partial charge in [-0.1, -0.05) is 27.2 Å². The Balaban J connectivity index is 2.11. The van der Waals surface area contributed by atoms with Gasteiger partial charge in [0.15, 0.2) is 0 Å². The first-order chi connectivity index (χ1) is 9.34. The fourth-order valence-electron chi connectivity index (χ4n) is 3.59. The third-order valence-electron chi connectivity index (χ3n) is 4.78. The van der Waals surface area contributed by atoms with Gasteiger partial charge in [0.2, 0.25) is 0 Å². The number of rotatable bonds is 3. The first-order valence-corrected chi connectivity index (χ1v) is 7.81. The van der Waals surface area contributed by atoms with Crippen LogP contribution >= 0.6 is 0 Å². The Hall–Kier alpha value is -1.06. The molecule has 2 fully saturated rings. The molecule has 1 amide bonds. The monoisotopic (exact) mass is 281 g/mol. The van der Waals surface area contributed by atoms with Crippen LogP contribution in [0.5, 0.6) is 0 Å². The van der Waals surface area contributed by atoms with Crippen molar-refractivity contribution in [2.24, 2.45) is 17.3 Å². The number of hydrogen-bond acceptors (Lipinski definition) is 3. The lowest BCUT2D eigenvalue weighted by Gasteiger charge is -2.29. The van der Waals surface area contributed by atoms with E-state index in [1.54, 1.807) is 0 Å². The van der Waals surface area contributed by atoms with E-state index in [0.29, 0.717) is 24.9 Å². The Morgan fingerprint density at radius 2 is 1.95 bits per heavy atom. The van der Waals surface area contributed by atoms with Gasteiger partial charge >= 0.3 is 6.09 Å². The lowest BCUT2D eigenvalue weighted by atomic mass is 9.83. The highest BCUT2D eigenvalue weighted by molar-refractivity contribution is 5.84. The maximum atomic E-state index is 12.4. The first kappa shape index (κ1) is 15.3. The zero-order valence-corrected chi connectivity index (χ0v) is 13.1. The molecule has 3 unspecified atom stereocenters. The topological polar surface area (TPSA) is 46.6 Å². The Morgan fingerprint density at radius 3 is 2.55 bits per heavy atom. The third kappa shape index (κ3) is 2.99. The van der Waals surface area contributed by atoms with Crippen molar-refractivity contribution in [2.75, 3.05) is 13.2 Å². The van der Waals surface area contributed by atoms with Crippen molar-refractivity contribution in [2.45, 2.75) is 59.4 Å². The molecule has 1 saturated heterocycles. The van der Waals surface area contributed by atoms with E-state index < -0.39 is 0 Å². The van der Waals surface area contributed by atoms with Gasteiger partial charge in [-0.15, -0.1) is 0 Å². The van der Waals surface area contributed by atoms with Gasteiger partial charge in [-0.2, -0.15) is 0 Å². The number of ketones is 1. The van der Waals surface area contributed by atoms with Crippen LogP contribution in [0.1, 0.15) is 53.4 Å². The predicted octanol–water partition coefficient (Wildman–Crippen LogP) is 3.25. The largest absolute Gasteiger partial charge is 0.450 e. The molecule has 4 nitrogen and oxygen atoms in total. The number of fused-ring (bicyclic) bond motifs is 1. The fourth-order valence-corrected chi connectivity index (χ4v) is 3.59. The number of hydrogen-bond donors (Lipinski definition) is 0. The molecule has 20 heavy (non-hydrogen) atoms. The van der Waals surface area contributed by atoms with Crippen LogP contribution in [0, 0.1) is 17.3 Å². The number of nitrogens with zero attached hydrogens (tertiary/aromatic N) is 1. The smallest absolute Gasteiger partial charge is 0.410 e. The summed E-state index contributed by atoms with van der Waals surface area (Å²) in [6.07, 6.45) is 3.78. The second kappa shape index (κ2) is 5.74. The molecule has 1 aliphatic heterocycles. The summed E-state index contributed by atoms with van der Waals surface area (Å²) < 4.78 is 5.16. The zero-order chi connectivity index (χ0) is 14.9. The SMILES string of the molecule is CCOC(=O)N1CC2CCCC2C1CC(=O)C(C)(C)C. The van der Waals surface area contributed by atoms with Gasteiger partial charge in [0.1, 0.15) is 5.78 Å². The highest BCUT2D eigenvalue weighted by Gasteiger charge is 2.47. The molecule has 0 radical (unpaired) electrons. The molecule has 2 rings (SSSR count). The normalized spacial score (nSPS) is 29.4. The second-order valence-electron chi connectivity index (χ2n) is 7.15. The van der Waals surface area contributed by atoms with E-state index in [1.807, 2.05) is 32.6 Å². The molecule has 4 heteroatoms. The van der Waals surface area contributed by atoms with Crippen molar-refractivity contribution in [3.8, 4) is 0 Å². The Kier molecular flexibility index (Phi) is 4.40. The number of amides is 1. The Bertz CT molecular complexity index is 386. The zero-order valence-electron chi connectivity index (χ0n) is 13.1. The third-order valence-corrected chi connectivity index (χ3v) is 4.78. The van der Waals surface area contributed by atoms with Crippen molar-refractivity contribution in [3.63, 3.8) is 0 Å². The van der Waals surface area contributed by atoms with Gasteiger partial charge in [-0.3, -0.25) is 4.79 Å². The molecule has 3 atom stereocenters. The van der Waals surface area contributed by atoms with Gasteiger partial charge in [0.25, 0.3) is 0 Å². The van der Waals surface area contributed by atoms with Crippen molar-refractivity contribution >= 4 is 11.9 Å². The average molecular weight is 281 g/mol. The van der Waals surface area contributed by atoms with Crippen LogP contribution in [-0.2, 0) is 9.53 Å². The quantitative estimate of drug-likeness (QED) is 0.797. The van der Waals surface area contributed by atoms with E-state index >= 15 is 0 Å². The highest BCUT2D eigenvalue weighted by atomic mass is 16.6. The van der Waals surface area contributed by atoms with Gasteiger partial charge in [-0.05, 0) is 31.6 Å². The standard InChI is InChI=1S/C16H27NO3/c1-5-20-15(19)17-10-11-7-6-8-12(11)13(17)9-14(18)16(2,3)4/h11-13H,5-10H2,1-4H3. The first-order valence-electron chi connectivity index (χ1n) is 7.81. The summed E-state index contributed by atoms with van der Waals surface area (Å²) in [7, 11) is 0. The molecule has 0 aromatic heterocycles. The summed E-state index contributed by atoms with van der Waals surface area (Å²) in [6, 6.07) is 0.0493. The molecule has 1 heterocycles. The van der Waals surface area contributed by atoms with Gasteiger partial charge in [-0.25, -0.2) is 4.79 Å². The minimum atomic E-state index is -0.336. The number of ether oxygens (including phenoxy) is 1. The van der Waals surface area contributed by atoms with Crippen molar-refractivity contribution in [1.82, 2.24) is 4.90 Å². The molecule has 0 aromatic rings. The number of carbonyl (C=O) groups is 2. The van der Waals surface area contributed by atoms with Crippen LogP contribution in [0.15, 0.2) is 0 Å². The molecule has 1 saturated carbocycles. The van der Waals surface area contributed by atoms with Crippen molar-refractivity contribution in [1.29, 1.82) is 0 Å². The van der Waals surface area contributed by atoms with E-state index in [0.717, 1.165) is 13.0 Å². The molecule has 1 aliphatic carbocycles. The van der Waals surface area contributed by atoms with Crippen LogP contribution < -0.4 is 0 Å². The number of carbonyl (C=O) groups excluding carboxylic acids is 2. The second-order valence-corrected chi connectivity index (χ2v) is 7.15. The van der Waals surface area contributed by atoms with Crippen LogP contribution in [0.3, 0.4) is 0 Å². The lowest BCUT2D eigenvalue weighted by molar-refractivity contribution is -0.127. The number of likely N-dealkylation sites (tertiary alicyclic amines) is 1. The van der Waals surface area contributed by atoms with Crippen molar-refractivity contribution in [3.05, 3.63) is 0 Å². The van der Waals surface area contributed by atoms with E-state index in [2.05, 4.69) is 0 Å². The minimum absolute atomic E-state index is 0.0493. The Labute approximate surface area is 121 Å². The summed E-state index contributed by atoms with van der Waals surface area (Å²) in [4.78, 5) is 26.3. The van der Waals surface area contributed by atoms with Gasteiger partial charge in [0.05, 0.1) is 6.61 Å². The Morgan fingerprint density at radius 1 is 1.25 bits per heavy atom. The van der Waals surface area contributed by atoms with Crippen LogP contribution in [-0.4, -0.2) is 36.0 Å². The summed E-state index contributed by atoms with van der Waals surface area (Å²) in [5.41, 5.74) is -0.336. The maximum absolute atomic E-state index is 12.4. The van der Waals surface area contributed by atoms with Crippen LogP contribution in [0.25, 0.3) is 0 Å². The molecule has 0 aromatic carbocycles. The van der Waals surface area contributed by atoms with E-state index in [4.69, 9.17) is 4.74 Å². The summed E-state index contributed by atoms with van der Waals surface area (Å²) in [5, 5.41) is 0. The molecule has 0 bridgehead atoms.